The Morgan fingerprint density at radius 2 is 1.84 bits per heavy atom. The Morgan fingerprint density at radius 3 is 2.37 bits per heavy atom. The van der Waals surface area contributed by atoms with E-state index in [1.807, 2.05) is 19.9 Å². The molecule has 1 aromatic carbocycles. The lowest BCUT2D eigenvalue weighted by molar-refractivity contribution is -0.126. The summed E-state index contributed by atoms with van der Waals surface area (Å²) in [6.45, 7) is 3.78. The van der Waals surface area contributed by atoms with Crippen molar-refractivity contribution in [3.8, 4) is 0 Å². The molecular formula is C15H17NO3. The van der Waals surface area contributed by atoms with Crippen molar-refractivity contribution in [3.05, 3.63) is 30.3 Å². The molecule has 0 unspecified atom stereocenters. The molecule has 0 radical (unpaired) electrons. The molecule has 0 bridgehead atoms. The number of hydrogen-bond acceptors (Lipinski definition) is 3. The van der Waals surface area contributed by atoms with Gasteiger partial charge < -0.3 is 4.79 Å². The molecule has 1 aliphatic heterocycles. The van der Waals surface area contributed by atoms with Gasteiger partial charge in [-0.3, -0.25) is 14.5 Å². The van der Waals surface area contributed by atoms with E-state index in [2.05, 4.69) is 0 Å². The van der Waals surface area contributed by atoms with Gasteiger partial charge >= 0.3 is 0 Å². The van der Waals surface area contributed by atoms with E-state index in [0.29, 0.717) is 5.69 Å². The fourth-order valence-electron chi connectivity index (χ4n) is 2.52. The Kier molecular flexibility index (Phi) is 3.79. The number of para-hydroxylation sites is 1. The Bertz CT molecular complexity index is 495. The molecule has 0 spiro atoms. The van der Waals surface area contributed by atoms with Crippen LogP contribution in [0.4, 0.5) is 5.69 Å². The third kappa shape index (κ3) is 2.43. The Balaban J connectivity index is 2.29. The summed E-state index contributed by atoms with van der Waals surface area (Å²) in [6.07, 6.45) is 0.921. The van der Waals surface area contributed by atoms with Gasteiger partial charge in [-0.25, -0.2) is 0 Å². The van der Waals surface area contributed by atoms with Gasteiger partial charge in [-0.1, -0.05) is 32.0 Å². The van der Waals surface area contributed by atoms with Crippen molar-refractivity contribution in [1.82, 2.24) is 0 Å². The molecular weight excluding hydrogens is 242 g/mol. The minimum atomic E-state index is -0.523. The van der Waals surface area contributed by atoms with E-state index in [4.69, 9.17) is 0 Å². The highest BCUT2D eigenvalue weighted by molar-refractivity contribution is 6.21. The minimum Gasteiger partial charge on any atom is -0.303 e. The lowest BCUT2D eigenvalue weighted by Gasteiger charge is -2.20. The summed E-state index contributed by atoms with van der Waals surface area (Å²) in [5, 5.41) is 0. The van der Waals surface area contributed by atoms with E-state index in [9.17, 15) is 14.4 Å². The first-order chi connectivity index (χ1) is 9.06. The summed E-state index contributed by atoms with van der Waals surface area (Å²) in [5.41, 5.74) is 0.577. The van der Waals surface area contributed by atoms with Crippen molar-refractivity contribution >= 4 is 23.8 Å². The van der Waals surface area contributed by atoms with Crippen molar-refractivity contribution in [2.75, 3.05) is 4.90 Å². The van der Waals surface area contributed by atoms with Gasteiger partial charge in [-0.15, -0.1) is 0 Å². The number of rotatable bonds is 4. The van der Waals surface area contributed by atoms with Crippen LogP contribution in [-0.4, -0.2) is 18.1 Å². The van der Waals surface area contributed by atoms with Crippen LogP contribution < -0.4 is 4.90 Å². The summed E-state index contributed by atoms with van der Waals surface area (Å²) < 4.78 is 0. The summed E-state index contributed by atoms with van der Waals surface area (Å²) in [6, 6.07) is 8.84. The van der Waals surface area contributed by atoms with E-state index in [0.717, 1.165) is 6.29 Å². The first-order valence-electron chi connectivity index (χ1n) is 6.43. The fourth-order valence-corrected chi connectivity index (χ4v) is 2.52. The number of amides is 2. The average molecular weight is 259 g/mol. The lowest BCUT2D eigenvalue weighted by Crippen LogP contribution is -2.33. The molecule has 0 N–H and O–H groups in total. The quantitative estimate of drug-likeness (QED) is 0.614. The second-order valence-electron chi connectivity index (χ2n) is 5.17. The Labute approximate surface area is 112 Å². The van der Waals surface area contributed by atoms with Gasteiger partial charge in [0.05, 0.1) is 11.6 Å². The topological polar surface area (TPSA) is 54.5 Å². The summed E-state index contributed by atoms with van der Waals surface area (Å²) in [7, 11) is 0. The second-order valence-corrected chi connectivity index (χ2v) is 5.17. The predicted octanol–water partition coefficient (Wildman–Crippen LogP) is 2.04. The van der Waals surface area contributed by atoms with Crippen LogP contribution >= 0.6 is 0 Å². The van der Waals surface area contributed by atoms with Crippen molar-refractivity contribution in [3.63, 3.8) is 0 Å². The molecule has 1 heterocycles. The third-order valence-corrected chi connectivity index (χ3v) is 3.59. The standard InChI is InChI=1S/C15H17NO3/c1-10(2)13(9-17)12-8-14(18)16(15(12)19)11-6-4-3-5-7-11/h3-7,9-10,12-13H,8H2,1-2H3/t12-,13+/m1/s1. The van der Waals surface area contributed by atoms with Crippen molar-refractivity contribution in [2.45, 2.75) is 20.3 Å². The largest absolute Gasteiger partial charge is 0.303 e. The zero-order valence-corrected chi connectivity index (χ0v) is 11.1. The molecule has 0 saturated carbocycles. The molecule has 2 amide bonds. The molecule has 4 heteroatoms. The number of imide groups is 1. The van der Waals surface area contributed by atoms with Gasteiger partial charge in [0.1, 0.15) is 6.29 Å². The molecule has 1 aliphatic rings. The number of carbonyl (C=O) groups excluding carboxylic acids is 3. The van der Waals surface area contributed by atoms with E-state index < -0.39 is 11.8 Å². The van der Waals surface area contributed by atoms with Crippen LogP contribution in [0.15, 0.2) is 30.3 Å². The van der Waals surface area contributed by atoms with E-state index in [1.165, 1.54) is 4.90 Å². The van der Waals surface area contributed by atoms with Crippen LogP contribution in [0.25, 0.3) is 0 Å². The van der Waals surface area contributed by atoms with Crippen LogP contribution in [0.1, 0.15) is 20.3 Å². The second kappa shape index (κ2) is 5.34. The van der Waals surface area contributed by atoms with E-state index >= 15 is 0 Å². The summed E-state index contributed by atoms with van der Waals surface area (Å²) >= 11 is 0. The highest BCUT2D eigenvalue weighted by atomic mass is 16.2. The molecule has 2 atom stereocenters. The highest BCUT2D eigenvalue weighted by Gasteiger charge is 2.44. The molecule has 19 heavy (non-hydrogen) atoms. The van der Waals surface area contributed by atoms with Crippen molar-refractivity contribution in [1.29, 1.82) is 0 Å². The number of anilines is 1. The number of benzene rings is 1. The maximum absolute atomic E-state index is 12.4. The maximum Gasteiger partial charge on any atom is 0.238 e. The van der Waals surface area contributed by atoms with Gasteiger partial charge in [0.15, 0.2) is 0 Å². The van der Waals surface area contributed by atoms with Crippen LogP contribution in [-0.2, 0) is 14.4 Å². The van der Waals surface area contributed by atoms with Crippen molar-refractivity contribution in [2.24, 2.45) is 17.8 Å². The smallest absolute Gasteiger partial charge is 0.238 e. The summed E-state index contributed by atoms with van der Waals surface area (Å²) in [5.74, 6) is -1.36. The van der Waals surface area contributed by atoms with Crippen LogP contribution in [0.5, 0.6) is 0 Å². The lowest BCUT2D eigenvalue weighted by atomic mass is 9.83. The van der Waals surface area contributed by atoms with Gasteiger partial charge in [-0.2, -0.15) is 0 Å². The average Bonchev–Trinajstić information content (AvgIpc) is 2.67. The van der Waals surface area contributed by atoms with Crippen LogP contribution in [0, 0.1) is 17.8 Å². The molecule has 0 aliphatic carbocycles. The molecule has 1 fully saturated rings. The van der Waals surface area contributed by atoms with Gasteiger partial charge in [0.2, 0.25) is 11.8 Å². The van der Waals surface area contributed by atoms with E-state index in [-0.39, 0.29) is 24.2 Å². The fraction of sp³-hybridized carbons (Fsp3) is 0.400. The Hall–Kier alpha value is -1.97. The molecule has 0 aromatic heterocycles. The number of hydrogen-bond donors (Lipinski definition) is 0. The number of aldehydes is 1. The highest BCUT2D eigenvalue weighted by Crippen LogP contribution is 2.33. The zero-order valence-electron chi connectivity index (χ0n) is 11.1. The zero-order chi connectivity index (χ0) is 14.0. The monoisotopic (exact) mass is 259 g/mol. The van der Waals surface area contributed by atoms with Gasteiger partial charge in [-0.05, 0) is 18.1 Å². The molecule has 4 nitrogen and oxygen atoms in total. The maximum atomic E-state index is 12.4. The SMILES string of the molecule is CC(C)[C@H](C=O)[C@H]1CC(=O)N(c2ccccc2)C1=O. The predicted molar refractivity (Wildman–Crippen MR) is 71.4 cm³/mol. The summed E-state index contributed by atoms with van der Waals surface area (Å²) in [4.78, 5) is 36.7. The first-order valence-corrected chi connectivity index (χ1v) is 6.43. The van der Waals surface area contributed by atoms with Gasteiger partial charge in [0.25, 0.3) is 0 Å². The molecule has 2 rings (SSSR count). The third-order valence-electron chi connectivity index (χ3n) is 3.59. The normalized spacial score (nSPS) is 21.0. The molecule has 1 saturated heterocycles. The minimum absolute atomic E-state index is 0.0509. The van der Waals surface area contributed by atoms with E-state index in [1.54, 1.807) is 24.3 Å². The van der Waals surface area contributed by atoms with Crippen molar-refractivity contribution < 1.29 is 14.4 Å². The number of nitrogens with zero attached hydrogens (tertiary/aromatic N) is 1. The molecule has 100 valence electrons. The first kappa shape index (κ1) is 13.5. The van der Waals surface area contributed by atoms with Gasteiger partial charge in [0, 0.05) is 12.3 Å². The van der Waals surface area contributed by atoms with Crippen LogP contribution in [0.3, 0.4) is 0 Å². The Morgan fingerprint density at radius 1 is 1.21 bits per heavy atom. The van der Waals surface area contributed by atoms with Crippen LogP contribution in [0.2, 0.25) is 0 Å². The number of carbonyl (C=O) groups is 3. The molecule has 1 aromatic rings.